The van der Waals surface area contributed by atoms with E-state index < -0.39 is 6.10 Å². The number of hydrogen-bond acceptors (Lipinski definition) is 4. The number of rotatable bonds is 9. The lowest BCUT2D eigenvalue weighted by atomic mass is 10.1. The van der Waals surface area contributed by atoms with E-state index in [1.165, 1.54) is 26.2 Å². The maximum absolute atomic E-state index is 11.0. The standard InChI is InChI=1S/C10H21NO2.C3H8O2/c1-2-3-4-5-6-7-10(13)11-8-9-12;1-3(5)2-4/h12H,2-9H2,1H3,(H,11,13);3-5H,2H2,1H3. The van der Waals surface area contributed by atoms with Crippen molar-refractivity contribution < 1.29 is 20.1 Å². The summed E-state index contributed by atoms with van der Waals surface area (Å²) in [6.07, 6.45) is 5.87. The lowest BCUT2D eigenvalue weighted by Gasteiger charge is -2.02. The van der Waals surface area contributed by atoms with Crippen LogP contribution in [0.2, 0.25) is 0 Å². The van der Waals surface area contributed by atoms with Crippen molar-refractivity contribution in [2.75, 3.05) is 19.8 Å². The molecule has 0 rings (SSSR count). The van der Waals surface area contributed by atoms with Crippen molar-refractivity contribution in [3.8, 4) is 0 Å². The maximum Gasteiger partial charge on any atom is 0.220 e. The van der Waals surface area contributed by atoms with Gasteiger partial charge in [-0.15, -0.1) is 0 Å². The number of carbonyl (C=O) groups is 1. The van der Waals surface area contributed by atoms with Crippen LogP contribution >= 0.6 is 0 Å². The van der Waals surface area contributed by atoms with Crippen molar-refractivity contribution in [3.63, 3.8) is 0 Å². The third kappa shape index (κ3) is 20.7. The van der Waals surface area contributed by atoms with Crippen molar-refractivity contribution in [3.05, 3.63) is 0 Å². The Morgan fingerprint density at radius 2 is 1.72 bits per heavy atom. The lowest BCUT2D eigenvalue weighted by molar-refractivity contribution is -0.121. The van der Waals surface area contributed by atoms with Crippen molar-refractivity contribution in [2.24, 2.45) is 0 Å². The summed E-state index contributed by atoms with van der Waals surface area (Å²) in [5, 5.41) is 27.1. The molecule has 110 valence electrons. The van der Waals surface area contributed by atoms with Gasteiger partial charge in [-0.25, -0.2) is 0 Å². The molecule has 0 aliphatic carbocycles. The second kappa shape index (κ2) is 16.4. The molecule has 0 fully saturated rings. The fourth-order valence-corrected chi connectivity index (χ4v) is 1.17. The summed E-state index contributed by atoms with van der Waals surface area (Å²) in [6.45, 7) is 3.98. The Morgan fingerprint density at radius 1 is 1.17 bits per heavy atom. The van der Waals surface area contributed by atoms with Gasteiger partial charge in [0, 0.05) is 13.0 Å². The maximum atomic E-state index is 11.0. The zero-order valence-corrected chi connectivity index (χ0v) is 11.7. The smallest absolute Gasteiger partial charge is 0.220 e. The van der Waals surface area contributed by atoms with E-state index in [0.29, 0.717) is 13.0 Å². The van der Waals surface area contributed by atoms with Crippen LogP contribution < -0.4 is 5.32 Å². The van der Waals surface area contributed by atoms with Crippen molar-refractivity contribution >= 4 is 5.91 Å². The molecule has 1 unspecified atom stereocenters. The summed E-state index contributed by atoms with van der Waals surface area (Å²) in [5.74, 6) is 0.0607. The van der Waals surface area contributed by atoms with Gasteiger partial charge in [0.15, 0.2) is 0 Å². The van der Waals surface area contributed by atoms with E-state index in [2.05, 4.69) is 12.2 Å². The van der Waals surface area contributed by atoms with Gasteiger partial charge in [0.2, 0.25) is 5.91 Å². The Labute approximate surface area is 110 Å². The molecule has 0 aromatic carbocycles. The van der Waals surface area contributed by atoms with Crippen LogP contribution in [0.5, 0.6) is 0 Å². The minimum absolute atomic E-state index is 0.0293. The molecule has 0 heterocycles. The molecule has 5 heteroatoms. The molecule has 1 amide bonds. The third-order valence-electron chi connectivity index (χ3n) is 2.21. The molecule has 0 aliphatic heterocycles. The number of carbonyl (C=O) groups excluding carboxylic acids is 1. The molecule has 0 aliphatic rings. The highest BCUT2D eigenvalue weighted by molar-refractivity contribution is 5.75. The monoisotopic (exact) mass is 263 g/mol. The van der Waals surface area contributed by atoms with Crippen molar-refractivity contribution in [2.45, 2.75) is 58.5 Å². The second-order valence-electron chi connectivity index (χ2n) is 4.27. The number of unbranched alkanes of at least 4 members (excludes halogenated alkanes) is 4. The van der Waals surface area contributed by atoms with E-state index in [9.17, 15) is 4.79 Å². The molecular weight excluding hydrogens is 234 g/mol. The Balaban J connectivity index is 0. The zero-order valence-electron chi connectivity index (χ0n) is 11.7. The number of aliphatic hydroxyl groups excluding tert-OH is 3. The van der Waals surface area contributed by atoms with Gasteiger partial charge in [0.1, 0.15) is 0 Å². The van der Waals surface area contributed by atoms with Crippen LogP contribution in [0.25, 0.3) is 0 Å². The molecule has 0 spiro atoms. The first-order valence-electron chi connectivity index (χ1n) is 6.74. The fraction of sp³-hybridized carbons (Fsp3) is 0.923. The van der Waals surface area contributed by atoms with Gasteiger partial charge in [0.25, 0.3) is 0 Å². The van der Waals surface area contributed by atoms with Gasteiger partial charge in [-0.05, 0) is 13.3 Å². The van der Waals surface area contributed by atoms with E-state index >= 15 is 0 Å². The summed E-state index contributed by atoms with van der Waals surface area (Å²) >= 11 is 0. The van der Waals surface area contributed by atoms with E-state index in [4.69, 9.17) is 15.3 Å². The van der Waals surface area contributed by atoms with Gasteiger partial charge < -0.3 is 20.6 Å². The molecule has 18 heavy (non-hydrogen) atoms. The van der Waals surface area contributed by atoms with Gasteiger partial charge in [-0.1, -0.05) is 32.6 Å². The topological polar surface area (TPSA) is 89.8 Å². The molecule has 0 saturated heterocycles. The molecule has 0 aromatic heterocycles. The summed E-state index contributed by atoms with van der Waals surface area (Å²) in [7, 11) is 0. The second-order valence-corrected chi connectivity index (χ2v) is 4.27. The number of hydrogen-bond donors (Lipinski definition) is 4. The first-order valence-corrected chi connectivity index (χ1v) is 6.74. The normalized spacial score (nSPS) is 11.4. The van der Waals surface area contributed by atoms with Crippen LogP contribution in [-0.2, 0) is 4.79 Å². The summed E-state index contributed by atoms with van der Waals surface area (Å²) in [6, 6.07) is 0. The molecule has 0 bridgehead atoms. The first kappa shape index (κ1) is 19.7. The minimum atomic E-state index is -0.560. The zero-order chi connectivity index (χ0) is 14.2. The van der Waals surface area contributed by atoms with Crippen molar-refractivity contribution in [1.29, 1.82) is 0 Å². The molecule has 1 atom stereocenters. The highest BCUT2D eigenvalue weighted by Crippen LogP contribution is 2.04. The number of amides is 1. The third-order valence-corrected chi connectivity index (χ3v) is 2.21. The van der Waals surface area contributed by atoms with Crippen LogP contribution in [0.1, 0.15) is 52.4 Å². The summed E-state index contributed by atoms with van der Waals surface area (Å²) < 4.78 is 0. The highest BCUT2D eigenvalue weighted by Gasteiger charge is 1.98. The first-order chi connectivity index (χ1) is 8.58. The van der Waals surface area contributed by atoms with Gasteiger partial charge in [-0.2, -0.15) is 0 Å². The Hall–Kier alpha value is -0.650. The average molecular weight is 263 g/mol. The van der Waals surface area contributed by atoms with Crippen LogP contribution in [-0.4, -0.2) is 47.1 Å². The Morgan fingerprint density at radius 3 is 2.17 bits per heavy atom. The minimum Gasteiger partial charge on any atom is -0.395 e. The van der Waals surface area contributed by atoms with E-state index in [1.807, 2.05) is 0 Å². The van der Waals surface area contributed by atoms with Crippen LogP contribution in [0.4, 0.5) is 0 Å². The van der Waals surface area contributed by atoms with Gasteiger partial charge in [-0.3, -0.25) is 4.79 Å². The SMILES string of the molecule is CC(O)CO.CCCCCCCC(=O)NCCO. The van der Waals surface area contributed by atoms with E-state index in [-0.39, 0.29) is 19.1 Å². The molecular formula is C13H29NO4. The lowest BCUT2D eigenvalue weighted by Crippen LogP contribution is -2.25. The summed E-state index contributed by atoms with van der Waals surface area (Å²) in [5.41, 5.74) is 0. The fourth-order valence-electron chi connectivity index (χ4n) is 1.17. The highest BCUT2D eigenvalue weighted by atomic mass is 16.3. The molecule has 0 radical (unpaired) electrons. The predicted molar refractivity (Wildman–Crippen MR) is 72.2 cm³/mol. The van der Waals surface area contributed by atoms with Crippen molar-refractivity contribution in [1.82, 2.24) is 5.32 Å². The molecule has 4 N–H and O–H groups in total. The molecule has 0 saturated carbocycles. The van der Waals surface area contributed by atoms with E-state index in [0.717, 1.165) is 12.8 Å². The average Bonchev–Trinajstić information content (AvgIpc) is 2.36. The largest absolute Gasteiger partial charge is 0.395 e. The van der Waals surface area contributed by atoms with Gasteiger partial charge >= 0.3 is 0 Å². The number of nitrogens with one attached hydrogen (secondary N) is 1. The molecule has 5 nitrogen and oxygen atoms in total. The van der Waals surface area contributed by atoms with Crippen LogP contribution in [0.15, 0.2) is 0 Å². The van der Waals surface area contributed by atoms with Crippen LogP contribution in [0, 0.1) is 0 Å². The molecule has 0 aromatic rings. The Kier molecular flexibility index (Phi) is 17.9. The predicted octanol–water partition coefficient (Wildman–Crippen LogP) is 0.815. The van der Waals surface area contributed by atoms with Gasteiger partial charge in [0.05, 0.1) is 19.3 Å². The Bertz CT molecular complexity index is 174. The van der Waals surface area contributed by atoms with Crippen LogP contribution in [0.3, 0.4) is 0 Å². The summed E-state index contributed by atoms with van der Waals surface area (Å²) in [4.78, 5) is 11.0. The number of aliphatic hydroxyl groups is 3. The quantitative estimate of drug-likeness (QED) is 0.464. The van der Waals surface area contributed by atoms with E-state index in [1.54, 1.807) is 0 Å².